The lowest BCUT2D eigenvalue weighted by molar-refractivity contribution is -0.118. The third kappa shape index (κ3) is 4.35. The second kappa shape index (κ2) is 7.63. The Hall–Kier alpha value is -3.12. The van der Waals surface area contributed by atoms with E-state index in [2.05, 4.69) is 5.32 Å². The summed E-state index contributed by atoms with van der Waals surface area (Å²) < 4.78 is 10.6. The molecule has 0 radical (unpaired) electrons. The van der Waals surface area contributed by atoms with E-state index in [1.165, 1.54) is 19.1 Å². The van der Waals surface area contributed by atoms with Crippen molar-refractivity contribution in [3.63, 3.8) is 0 Å². The number of ether oxygens (including phenoxy) is 1. The molecule has 0 bridgehead atoms. The first kappa shape index (κ1) is 18.7. The SMILES string of the molecule is CC(=O)c1ccc(NC(=O)COc2cc3oc(=O)cc(C)c3cc2Cl)cc1. The molecule has 1 N–H and O–H groups in total. The van der Waals surface area contributed by atoms with Crippen molar-refractivity contribution in [1.82, 2.24) is 0 Å². The first-order chi connectivity index (χ1) is 12.8. The number of carbonyl (C=O) groups is 2. The molecule has 1 heterocycles. The summed E-state index contributed by atoms with van der Waals surface area (Å²) in [4.78, 5) is 34.8. The van der Waals surface area contributed by atoms with Crippen molar-refractivity contribution in [2.75, 3.05) is 11.9 Å². The first-order valence-corrected chi connectivity index (χ1v) is 8.49. The van der Waals surface area contributed by atoms with Crippen LogP contribution in [0.5, 0.6) is 5.75 Å². The Morgan fingerprint density at radius 3 is 2.52 bits per heavy atom. The third-order valence-electron chi connectivity index (χ3n) is 3.94. The van der Waals surface area contributed by atoms with Crippen LogP contribution in [0.4, 0.5) is 5.69 Å². The topological polar surface area (TPSA) is 85.6 Å². The number of nitrogens with one attached hydrogen (secondary N) is 1. The predicted molar refractivity (Wildman–Crippen MR) is 103 cm³/mol. The molecule has 0 aliphatic heterocycles. The van der Waals surface area contributed by atoms with Gasteiger partial charge in [-0.2, -0.15) is 0 Å². The van der Waals surface area contributed by atoms with Crippen LogP contribution in [0.25, 0.3) is 11.0 Å². The molecule has 2 aromatic carbocycles. The summed E-state index contributed by atoms with van der Waals surface area (Å²) >= 11 is 6.20. The number of rotatable bonds is 5. The van der Waals surface area contributed by atoms with Crippen molar-refractivity contribution >= 4 is 39.9 Å². The van der Waals surface area contributed by atoms with Crippen molar-refractivity contribution in [1.29, 1.82) is 0 Å². The molecule has 1 aromatic heterocycles. The summed E-state index contributed by atoms with van der Waals surface area (Å²) in [5.74, 6) is -0.212. The summed E-state index contributed by atoms with van der Waals surface area (Å²) in [6, 6.07) is 11.0. The Balaban J connectivity index is 1.70. The Morgan fingerprint density at radius 2 is 1.85 bits per heavy atom. The van der Waals surface area contributed by atoms with Crippen LogP contribution in [0.1, 0.15) is 22.8 Å². The third-order valence-corrected chi connectivity index (χ3v) is 4.23. The maximum atomic E-state index is 12.1. The zero-order chi connectivity index (χ0) is 19.6. The second-order valence-corrected chi connectivity index (χ2v) is 6.40. The van der Waals surface area contributed by atoms with E-state index in [0.29, 0.717) is 27.2 Å². The van der Waals surface area contributed by atoms with Gasteiger partial charge >= 0.3 is 5.63 Å². The zero-order valence-electron chi connectivity index (χ0n) is 14.7. The lowest BCUT2D eigenvalue weighted by atomic mass is 10.1. The highest BCUT2D eigenvalue weighted by Crippen LogP contribution is 2.31. The normalized spacial score (nSPS) is 10.6. The smallest absolute Gasteiger partial charge is 0.336 e. The molecule has 0 spiro atoms. The Kier molecular flexibility index (Phi) is 5.28. The standard InChI is InChI=1S/C20H16ClNO5/c1-11-7-20(25)27-17-9-18(16(21)8-15(11)17)26-10-19(24)22-14-5-3-13(4-6-14)12(2)23/h3-9H,10H2,1-2H3,(H,22,24). The van der Waals surface area contributed by atoms with Gasteiger partial charge in [-0.05, 0) is 49.7 Å². The molecule has 0 atom stereocenters. The lowest BCUT2D eigenvalue weighted by Gasteiger charge is -2.10. The average molecular weight is 386 g/mol. The van der Waals surface area contributed by atoms with E-state index in [-0.39, 0.29) is 18.1 Å². The van der Waals surface area contributed by atoms with Crippen molar-refractivity contribution < 1.29 is 18.7 Å². The molecule has 0 fully saturated rings. The van der Waals surface area contributed by atoms with E-state index < -0.39 is 11.5 Å². The largest absolute Gasteiger partial charge is 0.482 e. The van der Waals surface area contributed by atoms with Gasteiger partial charge in [-0.25, -0.2) is 4.79 Å². The van der Waals surface area contributed by atoms with Gasteiger partial charge in [-0.1, -0.05) is 11.6 Å². The molecule has 6 nitrogen and oxygen atoms in total. The quantitative estimate of drug-likeness (QED) is 0.530. The minimum Gasteiger partial charge on any atom is -0.482 e. The number of carbonyl (C=O) groups excluding carboxylic acids is 2. The first-order valence-electron chi connectivity index (χ1n) is 8.11. The molecule has 138 valence electrons. The second-order valence-electron chi connectivity index (χ2n) is 6.00. The average Bonchev–Trinajstić information content (AvgIpc) is 2.61. The fourth-order valence-corrected chi connectivity index (χ4v) is 2.78. The number of amides is 1. The van der Waals surface area contributed by atoms with E-state index in [4.69, 9.17) is 20.8 Å². The number of hydrogen-bond donors (Lipinski definition) is 1. The Bertz CT molecular complexity index is 1090. The maximum Gasteiger partial charge on any atom is 0.336 e. The van der Waals surface area contributed by atoms with Gasteiger partial charge in [0.2, 0.25) is 0 Å². The van der Waals surface area contributed by atoms with E-state index in [1.54, 1.807) is 37.3 Å². The van der Waals surface area contributed by atoms with Crippen molar-refractivity contribution in [3.8, 4) is 5.75 Å². The fraction of sp³-hybridized carbons (Fsp3) is 0.150. The van der Waals surface area contributed by atoms with Gasteiger partial charge in [-0.15, -0.1) is 0 Å². The predicted octanol–water partition coefficient (Wildman–Crippen LogP) is 3.97. The lowest BCUT2D eigenvalue weighted by Crippen LogP contribution is -2.20. The molecule has 3 aromatic rings. The molecule has 0 aliphatic carbocycles. The van der Waals surface area contributed by atoms with Crippen LogP contribution in [-0.4, -0.2) is 18.3 Å². The van der Waals surface area contributed by atoms with Gasteiger partial charge < -0.3 is 14.5 Å². The number of fused-ring (bicyclic) bond motifs is 1. The Labute approximate surface area is 159 Å². The Morgan fingerprint density at radius 1 is 1.15 bits per heavy atom. The summed E-state index contributed by atoms with van der Waals surface area (Å²) in [6.07, 6.45) is 0. The summed E-state index contributed by atoms with van der Waals surface area (Å²) in [7, 11) is 0. The van der Waals surface area contributed by atoms with Crippen LogP contribution in [0.2, 0.25) is 5.02 Å². The molecule has 3 rings (SSSR count). The van der Waals surface area contributed by atoms with Crippen LogP contribution >= 0.6 is 11.6 Å². The van der Waals surface area contributed by atoms with Crippen LogP contribution in [0, 0.1) is 6.92 Å². The summed E-state index contributed by atoms with van der Waals surface area (Å²) in [6.45, 7) is 2.97. The summed E-state index contributed by atoms with van der Waals surface area (Å²) in [5, 5.41) is 3.66. The number of aryl methyl sites for hydroxylation is 1. The number of hydrogen-bond acceptors (Lipinski definition) is 5. The molecule has 0 saturated heterocycles. The summed E-state index contributed by atoms with van der Waals surface area (Å²) in [5.41, 5.74) is 1.70. The molecule has 1 amide bonds. The number of anilines is 1. The van der Waals surface area contributed by atoms with E-state index in [0.717, 1.165) is 5.56 Å². The van der Waals surface area contributed by atoms with Crippen molar-refractivity contribution in [2.24, 2.45) is 0 Å². The zero-order valence-corrected chi connectivity index (χ0v) is 15.4. The number of halogens is 1. The number of Topliss-reactive ketones (excluding diaryl/α,β-unsaturated/α-hetero) is 1. The molecule has 27 heavy (non-hydrogen) atoms. The van der Waals surface area contributed by atoms with Crippen LogP contribution in [0.3, 0.4) is 0 Å². The van der Waals surface area contributed by atoms with Crippen LogP contribution < -0.4 is 15.7 Å². The molecule has 7 heteroatoms. The molecular formula is C20H16ClNO5. The number of ketones is 1. The monoisotopic (exact) mass is 385 g/mol. The maximum absolute atomic E-state index is 12.1. The van der Waals surface area contributed by atoms with E-state index in [9.17, 15) is 14.4 Å². The van der Waals surface area contributed by atoms with Gasteiger partial charge in [-0.3, -0.25) is 9.59 Å². The van der Waals surface area contributed by atoms with Gasteiger partial charge in [0.25, 0.3) is 5.91 Å². The van der Waals surface area contributed by atoms with E-state index >= 15 is 0 Å². The number of benzene rings is 2. The minimum atomic E-state index is -0.472. The van der Waals surface area contributed by atoms with Gasteiger partial charge in [0, 0.05) is 28.8 Å². The molecule has 0 unspecified atom stereocenters. The molecule has 0 saturated carbocycles. The highest BCUT2D eigenvalue weighted by molar-refractivity contribution is 6.32. The minimum absolute atomic E-state index is 0.0518. The highest BCUT2D eigenvalue weighted by atomic mass is 35.5. The van der Waals surface area contributed by atoms with Crippen LogP contribution in [-0.2, 0) is 4.79 Å². The van der Waals surface area contributed by atoms with Crippen molar-refractivity contribution in [2.45, 2.75) is 13.8 Å². The fourth-order valence-electron chi connectivity index (χ4n) is 2.56. The van der Waals surface area contributed by atoms with Crippen molar-refractivity contribution in [3.05, 3.63) is 69.0 Å². The van der Waals surface area contributed by atoms with Gasteiger partial charge in [0.1, 0.15) is 11.3 Å². The molecular weight excluding hydrogens is 370 g/mol. The highest BCUT2D eigenvalue weighted by Gasteiger charge is 2.11. The van der Waals surface area contributed by atoms with Crippen LogP contribution in [0.15, 0.2) is 51.7 Å². The molecule has 0 aliphatic rings. The van der Waals surface area contributed by atoms with Gasteiger partial charge in [0.05, 0.1) is 5.02 Å². The van der Waals surface area contributed by atoms with Gasteiger partial charge in [0.15, 0.2) is 12.4 Å². The van der Waals surface area contributed by atoms with E-state index in [1.807, 2.05) is 0 Å².